The molecular weight excluding hydrogens is 477 g/mol. The lowest BCUT2D eigenvalue weighted by Gasteiger charge is -2.30. The lowest BCUT2D eigenvalue weighted by atomic mass is 9.91. The van der Waals surface area contributed by atoms with Crippen molar-refractivity contribution in [2.75, 3.05) is 22.6 Å². The van der Waals surface area contributed by atoms with Gasteiger partial charge in [0.15, 0.2) is 11.6 Å². The fraction of sp³-hybridized carbons (Fsp3) is 0.308. The van der Waals surface area contributed by atoms with Crippen molar-refractivity contribution in [1.82, 2.24) is 9.97 Å². The summed E-state index contributed by atoms with van der Waals surface area (Å²) in [6, 6.07) is 9.28. The van der Waals surface area contributed by atoms with E-state index in [2.05, 4.69) is 25.9 Å². The van der Waals surface area contributed by atoms with E-state index in [1.165, 1.54) is 12.4 Å². The standard InChI is InChI=1S/C26H30FN7O3/c1-2-37-22-10-6-3-7-17(22)26(36)32-16-11-15(13-30-14-16)31-24-18(23(29)35)12-19(27)25(34-24)33-21-9-5-4-8-20(21)28/h3,6-7,10-14,20-21H,2,4-5,8-9,28H2,1H3,(H2,29,35)(H,32,36)(H2,31,33,34)/t20-,21+/m0/s1. The third-order valence-electron chi connectivity index (χ3n) is 6.07. The lowest BCUT2D eigenvalue weighted by molar-refractivity contribution is 0.0997. The van der Waals surface area contributed by atoms with Gasteiger partial charge in [0.05, 0.1) is 41.5 Å². The highest BCUT2D eigenvalue weighted by Gasteiger charge is 2.24. The van der Waals surface area contributed by atoms with Crippen molar-refractivity contribution in [3.8, 4) is 5.75 Å². The SMILES string of the molecule is CCOc1ccccc1C(=O)Nc1cncc(Nc2nc(N[C@@H]3CCCC[C@@H]3N)c(F)cc2C(N)=O)c1. The van der Waals surface area contributed by atoms with Crippen LogP contribution in [0.4, 0.5) is 27.4 Å². The van der Waals surface area contributed by atoms with Crippen molar-refractivity contribution in [2.24, 2.45) is 11.5 Å². The van der Waals surface area contributed by atoms with E-state index < -0.39 is 11.7 Å². The number of ether oxygens (including phenoxy) is 1. The summed E-state index contributed by atoms with van der Waals surface area (Å²) in [5.74, 6) is -1.45. The zero-order chi connectivity index (χ0) is 26.4. The summed E-state index contributed by atoms with van der Waals surface area (Å²) in [5, 5.41) is 8.82. The summed E-state index contributed by atoms with van der Waals surface area (Å²) >= 11 is 0. The molecule has 11 heteroatoms. The smallest absolute Gasteiger partial charge is 0.259 e. The topological polar surface area (TPSA) is 157 Å². The predicted molar refractivity (Wildman–Crippen MR) is 140 cm³/mol. The Morgan fingerprint density at radius 2 is 1.84 bits per heavy atom. The number of nitrogens with two attached hydrogens (primary N) is 2. The second kappa shape index (κ2) is 11.7. The summed E-state index contributed by atoms with van der Waals surface area (Å²) < 4.78 is 20.3. The van der Waals surface area contributed by atoms with Gasteiger partial charge in [0, 0.05) is 12.1 Å². The largest absolute Gasteiger partial charge is 0.493 e. The Kier molecular flexibility index (Phi) is 8.14. The molecule has 4 rings (SSSR count). The molecule has 2 atom stereocenters. The van der Waals surface area contributed by atoms with Gasteiger partial charge in [-0.05, 0) is 44.0 Å². The highest BCUT2D eigenvalue weighted by atomic mass is 19.1. The Morgan fingerprint density at radius 3 is 2.59 bits per heavy atom. The van der Waals surface area contributed by atoms with E-state index in [1.807, 2.05) is 6.92 Å². The maximum absolute atomic E-state index is 14.8. The molecule has 2 amide bonds. The van der Waals surface area contributed by atoms with Gasteiger partial charge in [-0.1, -0.05) is 25.0 Å². The van der Waals surface area contributed by atoms with Crippen molar-refractivity contribution in [3.05, 3.63) is 65.7 Å². The Hall–Kier alpha value is -4.25. The molecule has 0 unspecified atom stereocenters. The van der Waals surface area contributed by atoms with Crippen LogP contribution in [0.15, 0.2) is 48.8 Å². The number of halogens is 1. The molecule has 0 aliphatic heterocycles. The van der Waals surface area contributed by atoms with Gasteiger partial charge in [0.25, 0.3) is 11.8 Å². The molecule has 1 fully saturated rings. The number of carbonyl (C=O) groups is 2. The number of benzene rings is 1. The van der Waals surface area contributed by atoms with Crippen molar-refractivity contribution >= 4 is 34.8 Å². The van der Waals surface area contributed by atoms with E-state index in [-0.39, 0.29) is 35.2 Å². The number of amides is 2. The number of primary amides is 1. The molecule has 0 saturated heterocycles. The van der Waals surface area contributed by atoms with Crippen LogP contribution in [0.2, 0.25) is 0 Å². The number of anilines is 4. The first-order valence-corrected chi connectivity index (χ1v) is 12.1. The minimum atomic E-state index is -0.847. The molecule has 1 aliphatic carbocycles. The van der Waals surface area contributed by atoms with Crippen LogP contribution in [0, 0.1) is 5.82 Å². The summed E-state index contributed by atoms with van der Waals surface area (Å²) in [5.41, 5.74) is 12.7. The Bertz CT molecular complexity index is 1290. The van der Waals surface area contributed by atoms with Gasteiger partial charge in [-0.15, -0.1) is 0 Å². The van der Waals surface area contributed by atoms with Gasteiger partial charge in [-0.3, -0.25) is 14.6 Å². The Morgan fingerprint density at radius 1 is 1.08 bits per heavy atom. The monoisotopic (exact) mass is 507 g/mol. The van der Waals surface area contributed by atoms with E-state index in [0.29, 0.717) is 29.3 Å². The second-order valence-corrected chi connectivity index (χ2v) is 8.75. The number of pyridine rings is 2. The van der Waals surface area contributed by atoms with Crippen LogP contribution < -0.4 is 32.2 Å². The molecule has 1 aliphatic rings. The highest BCUT2D eigenvalue weighted by molar-refractivity contribution is 6.06. The molecule has 0 bridgehead atoms. The van der Waals surface area contributed by atoms with Gasteiger partial charge in [0.2, 0.25) is 0 Å². The fourth-order valence-electron chi connectivity index (χ4n) is 4.23. The number of aromatic nitrogens is 2. The van der Waals surface area contributed by atoms with Gasteiger partial charge in [-0.2, -0.15) is 0 Å². The Labute approximate surface area is 214 Å². The molecular formula is C26H30FN7O3. The molecule has 1 saturated carbocycles. The number of para-hydroxylation sites is 1. The van der Waals surface area contributed by atoms with Crippen molar-refractivity contribution < 1.29 is 18.7 Å². The van der Waals surface area contributed by atoms with Crippen LogP contribution in [-0.2, 0) is 0 Å². The highest BCUT2D eigenvalue weighted by Crippen LogP contribution is 2.27. The average Bonchev–Trinajstić information content (AvgIpc) is 2.87. The van der Waals surface area contributed by atoms with Crippen molar-refractivity contribution in [2.45, 2.75) is 44.7 Å². The number of nitrogens with one attached hydrogen (secondary N) is 3. The minimum absolute atomic E-state index is 0.0280. The third-order valence-corrected chi connectivity index (χ3v) is 6.07. The van der Waals surface area contributed by atoms with Crippen LogP contribution in [0.3, 0.4) is 0 Å². The summed E-state index contributed by atoms with van der Waals surface area (Å²) in [7, 11) is 0. The molecule has 1 aromatic carbocycles. The normalized spacial score (nSPS) is 17.1. The van der Waals surface area contributed by atoms with Crippen LogP contribution in [-0.4, -0.2) is 40.5 Å². The zero-order valence-electron chi connectivity index (χ0n) is 20.5. The van der Waals surface area contributed by atoms with Gasteiger partial charge in [0.1, 0.15) is 11.6 Å². The van der Waals surface area contributed by atoms with E-state index in [4.69, 9.17) is 16.2 Å². The maximum atomic E-state index is 14.8. The summed E-state index contributed by atoms with van der Waals surface area (Å²) in [6.07, 6.45) is 6.58. The number of carbonyl (C=O) groups excluding carboxylic acids is 2. The molecule has 2 aromatic heterocycles. The number of hydrogen-bond donors (Lipinski definition) is 5. The minimum Gasteiger partial charge on any atom is -0.493 e. The Balaban J connectivity index is 1.56. The fourth-order valence-corrected chi connectivity index (χ4v) is 4.23. The first-order valence-electron chi connectivity index (χ1n) is 12.1. The zero-order valence-corrected chi connectivity index (χ0v) is 20.5. The van der Waals surface area contributed by atoms with E-state index in [9.17, 15) is 14.0 Å². The first kappa shape index (κ1) is 25.8. The second-order valence-electron chi connectivity index (χ2n) is 8.75. The van der Waals surface area contributed by atoms with E-state index in [0.717, 1.165) is 31.7 Å². The summed E-state index contributed by atoms with van der Waals surface area (Å²) in [6.45, 7) is 2.25. The van der Waals surface area contributed by atoms with Crippen molar-refractivity contribution in [3.63, 3.8) is 0 Å². The molecule has 0 radical (unpaired) electrons. The van der Waals surface area contributed by atoms with Crippen LogP contribution in [0.1, 0.15) is 53.3 Å². The first-order chi connectivity index (χ1) is 17.9. The van der Waals surface area contributed by atoms with Crippen LogP contribution >= 0.6 is 0 Å². The van der Waals surface area contributed by atoms with Gasteiger partial charge in [-0.25, -0.2) is 9.37 Å². The quantitative estimate of drug-likeness (QED) is 0.293. The average molecular weight is 508 g/mol. The molecule has 2 heterocycles. The van der Waals surface area contributed by atoms with Gasteiger partial charge < -0.3 is 32.2 Å². The molecule has 10 nitrogen and oxygen atoms in total. The van der Waals surface area contributed by atoms with Crippen molar-refractivity contribution in [1.29, 1.82) is 0 Å². The predicted octanol–water partition coefficient (Wildman–Crippen LogP) is 3.79. The van der Waals surface area contributed by atoms with Gasteiger partial charge >= 0.3 is 0 Å². The number of nitrogens with zero attached hydrogens (tertiary/aromatic N) is 2. The number of hydrogen-bond acceptors (Lipinski definition) is 8. The molecule has 194 valence electrons. The molecule has 7 N–H and O–H groups in total. The lowest BCUT2D eigenvalue weighted by Crippen LogP contribution is -2.43. The molecule has 0 spiro atoms. The van der Waals surface area contributed by atoms with Crippen LogP contribution in [0.25, 0.3) is 0 Å². The number of rotatable bonds is 9. The molecule has 3 aromatic rings. The van der Waals surface area contributed by atoms with E-state index in [1.54, 1.807) is 30.3 Å². The van der Waals surface area contributed by atoms with E-state index >= 15 is 0 Å². The summed E-state index contributed by atoms with van der Waals surface area (Å²) in [4.78, 5) is 33.3. The third kappa shape index (κ3) is 6.31. The van der Waals surface area contributed by atoms with Crippen LogP contribution in [0.5, 0.6) is 5.75 Å². The molecule has 37 heavy (non-hydrogen) atoms. The maximum Gasteiger partial charge on any atom is 0.259 e.